The SMILES string of the molecule is CC(C)[C@@H](CN1CCN(c2cccc(O)c2)[C@@H](C)C1)NC(=O)c1ccc(Oc2ccc(O)cc2)cc1. The number of anilines is 1. The smallest absolute Gasteiger partial charge is 0.251 e. The van der Waals surface area contributed by atoms with E-state index in [1.807, 2.05) is 18.2 Å². The highest BCUT2D eigenvalue weighted by atomic mass is 16.5. The zero-order chi connectivity index (χ0) is 25.7. The van der Waals surface area contributed by atoms with Gasteiger partial charge in [0.1, 0.15) is 23.0 Å². The molecule has 1 fully saturated rings. The van der Waals surface area contributed by atoms with Gasteiger partial charge in [-0.2, -0.15) is 0 Å². The lowest BCUT2D eigenvalue weighted by Gasteiger charge is -2.42. The second kappa shape index (κ2) is 11.4. The van der Waals surface area contributed by atoms with Crippen molar-refractivity contribution in [2.75, 3.05) is 31.1 Å². The van der Waals surface area contributed by atoms with Crippen LogP contribution < -0.4 is 15.0 Å². The minimum atomic E-state index is -0.101. The lowest BCUT2D eigenvalue weighted by Crippen LogP contribution is -2.56. The Morgan fingerprint density at radius 1 is 0.972 bits per heavy atom. The predicted molar refractivity (Wildman–Crippen MR) is 142 cm³/mol. The maximum atomic E-state index is 13.0. The number of phenolic OH excluding ortho intramolecular Hbond substituents is 2. The number of ether oxygens (including phenoxy) is 1. The van der Waals surface area contributed by atoms with Gasteiger partial charge in [-0.15, -0.1) is 0 Å². The minimum Gasteiger partial charge on any atom is -0.508 e. The Hall–Kier alpha value is -3.71. The molecule has 3 aromatic rings. The van der Waals surface area contributed by atoms with Gasteiger partial charge in [-0.1, -0.05) is 19.9 Å². The number of hydrogen-bond acceptors (Lipinski definition) is 6. The summed E-state index contributed by atoms with van der Waals surface area (Å²) in [4.78, 5) is 17.7. The van der Waals surface area contributed by atoms with E-state index in [0.717, 1.165) is 31.9 Å². The molecule has 0 unspecified atom stereocenters. The molecule has 7 heteroatoms. The molecular weight excluding hydrogens is 454 g/mol. The van der Waals surface area contributed by atoms with Crippen molar-refractivity contribution in [3.63, 3.8) is 0 Å². The van der Waals surface area contributed by atoms with E-state index in [9.17, 15) is 15.0 Å². The van der Waals surface area contributed by atoms with Gasteiger partial charge >= 0.3 is 0 Å². The van der Waals surface area contributed by atoms with Crippen LogP contribution in [0.25, 0.3) is 0 Å². The second-order valence-electron chi connectivity index (χ2n) is 9.77. The van der Waals surface area contributed by atoms with Crippen LogP contribution in [-0.4, -0.2) is 59.3 Å². The van der Waals surface area contributed by atoms with E-state index in [4.69, 9.17) is 4.74 Å². The fraction of sp³-hybridized carbons (Fsp3) is 0.345. The Kier molecular flexibility index (Phi) is 8.00. The summed E-state index contributed by atoms with van der Waals surface area (Å²) in [5.74, 6) is 1.88. The highest BCUT2D eigenvalue weighted by molar-refractivity contribution is 5.94. The molecule has 3 aromatic carbocycles. The van der Waals surface area contributed by atoms with Crippen molar-refractivity contribution in [3.8, 4) is 23.0 Å². The first kappa shape index (κ1) is 25.4. The van der Waals surface area contributed by atoms with Crippen LogP contribution in [0.15, 0.2) is 72.8 Å². The number of nitrogens with zero attached hydrogens (tertiary/aromatic N) is 2. The van der Waals surface area contributed by atoms with Gasteiger partial charge in [-0.25, -0.2) is 0 Å². The normalized spacial score (nSPS) is 17.1. The summed E-state index contributed by atoms with van der Waals surface area (Å²) in [5, 5.41) is 22.5. The Bertz CT molecular complexity index is 1150. The van der Waals surface area contributed by atoms with Crippen LogP contribution in [-0.2, 0) is 0 Å². The molecule has 0 aliphatic carbocycles. The number of nitrogens with one attached hydrogen (secondary N) is 1. The topological polar surface area (TPSA) is 85.3 Å². The zero-order valence-electron chi connectivity index (χ0n) is 21.1. The minimum absolute atomic E-state index is 0.0185. The molecule has 4 rings (SSSR count). The summed E-state index contributed by atoms with van der Waals surface area (Å²) < 4.78 is 5.78. The molecule has 1 aliphatic rings. The molecule has 1 amide bonds. The van der Waals surface area contributed by atoms with Crippen LogP contribution >= 0.6 is 0 Å². The van der Waals surface area contributed by atoms with Crippen LogP contribution in [0.5, 0.6) is 23.0 Å². The molecule has 36 heavy (non-hydrogen) atoms. The first-order valence-corrected chi connectivity index (χ1v) is 12.4. The third-order valence-corrected chi connectivity index (χ3v) is 6.64. The third-order valence-electron chi connectivity index (χ3n) is 6.64. The van der Waals surface area contributed by atoms with Gasteiger partial charge in [-0.3, -0.25) is 9.69 Å². The molecule has 1 aliphatic heterocycles. The lowest BCUT2D eigenvalue weighted by atomic mass is 10.0. The number of carbonyl (C=O) groups excluding carboxylic acids is 1. The Morgan fingerprint density at radius 2 is 1.64 bits per heavy atom. The molecule has 1 saturated heterocycles. The summed E-state index contributed by atoms with van der Waals surface area (Å²) in [5.41, 5.74) is 1.62. The number of piperazine rings is 1. The van der Waals surface area contributed by atoms with Crippen molar-refractivity contribution in [3.05, 3.63) is 78.4 Å². The maximum absolute atomic E-state index is 13.0. The van der Waals surface area contributed by atoms with Gasteiger partial charge < -0.3 is 25.2 Å². The average molecular weight is 490 g/mol. The van der Waals surface area contributed by atoms with E-state index in [2.05, 4.69) is 35.9 Å². The number of hydrogen-bond donors (Lipinski definition) is 3. The fourth-order valence-corrected chi connectivity index (χ4v) is 4.53. The van der Waals surface area contributed by atoms with Gasteiger partial charge in [0.05, 0.1) is 0 Å². The van der Waals surface area contributed by atoms with Crippen LogP contribution in [0.4, 0.5) is 5.69 Å². The van der Waals surface area contributed by atoms with Crippen molar-refractivity contribution >= 4 is 11.6 Å². The molecule has 0 bridgehead atoms. The third kappa shape index (κ3) is 6.49. The Labute approximate surface area is 212 Å². The monoisotopic (exact) mass is 489 g/mol. The Morgan fingerprint density at radius 3 is 2.25 bits per heavy atom. The van der Waals surface area contributed by atoms with E-state index in [0.29, 0.717) is 23.1 Å². The average Bonchev–Trinajstić information content (AvgIpc) is 2.85. The molecule has 3 N–H and O–H groups in total. The fourth-order valence-electron chi connectivity index (χ4n) is 4.53. The van der Waals surface area contributed by atoms with Gasteiger partial charge in [0.25, 0.3) is 5.91 Å². The first-order valence-electron chi connectivity index (χ1n) is 12.4. The summed E-state index contributed by atoms with van der Waals surface area (Å²) >= 11 is 0. The molecule has 0 aromatic heterocycles. The number of benzene rings is 3. The van der Waals surface area contributed by atoms with Crippen LogP contribution in [0, 0.1) is 5.92 Å². The van der Waals surface area contributed by atoms with E-state index in [1.54, 1.807) is 54.6 Å². The number of carbonyl (C=O) groups is 1. The Balaban J connectivity index is 1.33. The number of rotatable bonds is 8. The summed E-state index contributed by atoms with van der Waals surface area (Å²) in [6.45, 7) is 9.88. The van der Waals surface area contributed by atoms with Crippen molar-refractivity contribution in [1.82, 2.24) is 10.2 Å². The maximum Gasteiger partial charge on any atom is 0.251 e. The van der Waals surface area contributed by atoms with Crippen molar-refractivity contribution in [2.24, 2.45) is 5.92 Å². The van der Waals surface area contributed by atoms with Gasteiger partial charge in [0.2, 0.25) is 0 Å². The van der Waals surface area contributed by atoms with E-state index < -0.39 is 0 Å². The van der Waals surface area contributed by atoms with Crippen molar-refractivity contribution < 1.29 is 19.7 Å². The molecular formula is C29H35N3O4. The van der Waals surface area contributed by atoms with E-state index in [1.165, 1.54) is 0 Å². The van der Waals surface area contributed by atoms with E-state index in [-0.39, 0.29) is 29.4 Å². The summed E-state index contributed by atoms with van der Waals surface area (Å²) in [6.07, 6.45) is 0. The summed E-state index contributed by atoms with van der Waals surface area (Å²) in [7, 11) is 0. The molecule has 0 saturated carbocycles. The van der Waals surface area contributed by atoms with Gasteiger partial charge in [0.15, 0.2) is 0 Å². The van der Waals surface area contributed by atoms with Gasteiger partial charge in [-0.05, 0) is 73.5 Å². The van der Waals surface area contributed by atoms with Crippen LogP contribution in [0.2, 0.25) is 0 Å². The molecule has 2 atom stereocenters. The molecule has 0 spiro atoms. The second-order valence-corrected chi connectivity index (χ2v) is 9.77. The van der Waals surface area contributed by atoms with Gasteiger partial charge in [0, 0.05) is 55.6 Å². The van der Waals surface area contributed by atoms with Crippen LogP contribution in [0.3, 0.4) is 0 Å². The molecule has 7 nitrogen and oxygen atoms in total. The predicted octanol–water partition coefficient (Wildman–Crippen LogP) is 4.86. The lowest BCUT2D eigenvalue weighted by molar-refractivity contribution is 0.0903. The number of aromatic hydroxyl groups is 2. The molecule has 190 valence electrons. The quantitative estimate of drug-likeness (QED) is 0.419. The number of amides is 1. The largest absolute Gasteiger partial charge is 0.508 e. The van der Waals surface area contributed by atoms with E-state index >= 15 is 0 Å². The van der Waals surface area contributed by atoms with Crippen molar-refractivity contribution in [1.29, 1.82) is 0 Å². The summed E-state index contributed by atoms with van der Waals surface area (Å²) in [6, 6.07) is 21.3. The first-order chi connectivity index (χ1) is 17.3. The molecule has 0 radical (unpaired) electrons. The highest BCUT2D eigenvalue weighted by Gasteiger charge is 2.27. The standard InChI is InChI=1S/C29H35N3O4/c1-20(2)28(19-31-15-16-32(21(3)18-31)23-5-4-6-25(34)17-23)30-29(35)22-7-11-26(12-8-22)36-27-13-9-24(33)10-14-27/h4-14,17,20-21,28,33-34H,15-16,18-19H2,1-3H3,(H,30,35)/t21-,28+/m0/s1. The number of phenols is 2. The highest BCUT2D eigenvalue weighted by Crippen LogP contribution is 2.25. The molecule has 1 heterocycles. The van der Waals surface area contributed by atoms with Crippen LogP contribution in [0.1, 0.15) is 31.1 Å². The van der Waals surface area contributed by atoms with Crippen molar-refractivity contribution in [2.45, 2.75) is 32.9 Å². The zero-order valence-corrected chi connectivity index (χ0v) is 21.1.